The maximum atomic E-state index is 12.4. The Hall–Kier alpha value is -3.00. The van der Waals surface area contributed by atoms with Crippen LogP contribution >= 0.6 is 11.3 Å². The molecule has 3 rings (SSSR count). The second kappa shape index (κ2) is 7.92. The van der Waals surface area contributed by atoms with Crippen molar-refractivity contribution in [1.29, 1.82) is 0 Å². The van der Waals surface area contributed by atoms with Crippen LogP contribution in [-0.2, 0) is 16.0 Å². The Labute approximate surface area is 153 Å². The summed E-state index contributed by atoms with van der Waals surface area (Å²) >= 11 is 1.21. The molecule has 2 aromatic heterocycles. The summed E-state index contributed by atoms with van der Waals surface area (Å²) in [4.78, 5) is 32.5. The van der Waals surface area contributed by atoms with Crippen molar-refractivity contribution >= 4 is 39.3 Å². The standard InChI is InChI=1S/C18H17N3O4S/c1-11-14-16(19-9-13(22)23)20-10-21-17(14)26-15(11)18(24)25-8-7-12-5-3-2-4-6-12/h2-6,10H,7-9H2,1H3,(H,22,23)(H,19,20,21). The molecule has 2 heterocycles. The average molecular weight is 371 g/mol. The molecule has 0 radical (unpaired) electrons. The van der Waals surface area contributed by atoms with Crippen LogP contribution in [0.5, 0.6) is 0 Å². The van der Waals surface area contributed by atoms with Crippen LogP contribution in [0.25, 0.3) is 10.2 Å². The van der Waals surface area contributed by atoms with E-state index in [4.69, 9.17) is 9.84 Å². The van der Waals surface area contributed by atoms with Gasteiger partial charge in [-0.2, -0.15) is 0 Å². The number of thiophene rings is 1. The number of nitrogens with one attached hydrogen (secondary N) is 1. The first-order valence-electron chi connectivity index (χ1n) is 7.97. The lowest BCUT2D eigenvalue weighted by Gasteiger charge is -2.05. The highest BCUT2D eigenvalue weighted by molar-refractivity contribution is 7.20. The largest absolute Gasteiger partial charge is 0.480 e. The lowest BCUT2D eigenvalue weighted by Crippen LogP contribution is -2.13. The van der Waals surface area contributed by atoms with Crippen molar-refractivity contribution in [2.45, 2.75) is 13.3 Å². The number of hydrogen-bond donors (Lipinski definition) is 2. The Kier molecular flexibility index (Phi) is 5.43. The number of esters is 1. The predicted molar refractivity (Wildman–Crippen MR) is 98.7 cm³/mol. The number of benzene rings is 1. The Balaban J connectivity index is 1.75. The van der Waals surface area contributed by atoms with Crippen LogP contribution in [0.1, 0.15) is 20.8 Å². The number of anilines is 1. The van der Waals surface area contributed by atoms with Gasteiger partial charge in [-0.15, -0.1) is 11.3 Å². The summed E-state index contributed by atoms with van der Waals surface area (Å²) in [5.41, 5.74) is 1.78. The van der Waals surface area contributed by atoms with E-state index in [0.717, 1.165) is 5.56 Å². The molecule has 3 aromatic rings. The number of nitrogens with zero attached hydrogens (tertiary/aromatic N) is 2. The normalized spacial score (nSPS) is 10.7. The molecule has 134 valence electrons. The van der Waals surface area contributed by atoms with Crippen LogP contribution in [0, 0.1) is 6.92 Å². The number of rotatable bonds is 7. The van der Waals surface area contributed by atoms with Gasteiger partial charge in [0.05, 0.1) is 12.0 Å². The smallest absolute Gasteiger partial charge is 0.348 e. The van der Waals surface area contributed by atoms with Gasteiger partial charge in [-0.25, -0.2) is 14.8 Å². The summed E-state index contributed by atoms with van der Waals surface area (Å²) in [5, 5.41) is 12.2. The van der Waals surface area contributed by atoms with E-state index in [9.17, 15) is 9.59 Å². The molecule has 26 heavy (non-hydrogen) atoms. The number of carbonyl (C=O) groups is 2. The number of ether oxygens (including phenoxy) is 1. The fourth-order valence-corrected chi connectivity index (χ4v) is 3.57. The highest BCUT2D eigenvalue weighted by Crippen LogP contribution is 2.33. The maximum absolute atomic E-state index is 12.4. The van der Waals surface area contributed by atoms with Gasteiger partial charge in [0, 0.05) is 6.42 Å². The van der Waals surface area contributed by atoms with E-state index in [2.05, 4.69) is 15.3 Å². The molecule has 1 aromatic carbocycles. The van der Waals surface area contributed by atoms with Crippen molar-refractivity contribution in [3.8, 4) is 0 Å². The molecule has 0 aliphatic carbocycles. The third-order valence-electron chi connectivity index (χ3n) is 3.79. The number of aromatic nitrogens is 2. The topological polar surface area (TPSA) is 101 Å². The monoisotopic (exact) mass is 371 g/mol. The van der Waals surface area contributed by atoms with E-state index in [-0.39, 0.29) is 13.2 Å². The van der Waals surface area contributed by atoms with Gasteiger partial charge < -0.3 is 15.2 Å². The van der Waals surface area contributed by atoms with E-state index < -0.39 is 11.9 Å². The van der Waals surface area contributed by atoms with E-state index in [1.165, 1.54) is 17.7 Å². The van der Waals surface area contributed by atoms with Crippen LogP contribution in [0.4, 0.5) is 5.82 Å². The lowest BCUT2D eigenvalue weighted by atomic mass is 10.2. The molecule has 0 aliphatic heterocycles. The first-order chi connectivity index (χ1) is 12.6. The van der Waals surface area contributed by atoms with Crippen LogP contribution in [0.2, 0.25) is 0 Å². The van der Waals surface area contributed by atoms with E-state index in [0.29, 0.717) is 32.9 Å². The van der Waals surface area contributed by atoms with Crippen molar-refractivity contribution in [2.24, 2.45) is 0 Å². The summed E-state index contributed by atoms with van der Waals surface area (Å²) in [7, 11) is 0. The highest BCUT2D eigenvalue weighted by Gasteiger charge is 2.20. The van der Waals surface area contributed by atoms with Gasteiger partial charge in [-0.1, -0.05) is 30.3 Å². The minimum atomic E-state index is -0.995. The zero-order chi connectivity index (χ0) is 18.5. The zero-order valence-corrected chi connectivity index (χ0v) is 14.9. The fraction of sp³-hybridized carbons (Fsp3) is 0.222. The molecular formula is C18H17N3O4S. The quantitative estimate of drug-likeness (QED) is 0.616. The first-order valence-corrected chi connectivity index (χ1v) is 8.78. The van der Waals surface area contributed by atoms with Gasteiger partial charge in [-0.3, -0.25) is 4.79 Å². The molecule has 2 N–H and O–H groups in total. The summed E-state index contributed by atoms with van der Waals surface area (Å²) in [6.45, 7) is 1.80. The minimum absolute atomic E-state index is 0.266. The first kappa shape index (κ1) is 17.8. The summed E-state index contributed by atoms with van der Waals surface area (Å²) in [6.07, 6.45) is 1.98. The van der Waals surface area contributed by atoms with Gasteiger partial charge in [-0.05, 0) is 18.1 Å². The third kappa shape index (κ3) is 3.97. The molecule has 0 atom stereocenters. The van der Waals surface area contributed by atoms with Gasteiger partial charge in [0.2, 0.25) is 0 Å². The van der Waals surface area contributed by atoms with Gasteiger partial charge >= 0.3 is 11.9 Å². The second-order valence-corrected chi connectivity index (χ2v) is 6.58. The Morgan fingerprint density at radius 2 is 2.00 bits per heavy atom. The van der Waals surface area contributed by atoms with Crippen molar-refractivity contribution in [2.75, 3.05) is 18.5 Å². The predicted octanol–water partition coefficient (Wildman–Crippen LogP) is 2.90. The molecule has 0 saturated heterocycles. The maximum Gasteiger partial charge on any atom is 0.348 e. The molecule has 0 fully saturated rings. The fourth-order valence-electron chi connectivity index (χ4n) is 2.53. The van der Waals surface area contributed by atoms with E-state index >= 15 is 0 Å². The highest BCUT2D eigenvalue weighted by atomic mass is 32.1. The summed E-state index contributed by atoms with van der Waals surface area (Å²) in [6, 6.07) is 9.78. The molecule has 0 spiro atoms. The molecule has 7 nitrogen and oxygen atoms in total. The number of hydrogen-bond acceptors (Lipinski definition) is 7. The number of carboxylic acid groups (broad SMARTS) is 1. The van der Waals surface area contributed by atoms with Gasteiger partial charge in [0.1, 0.15) is 28.4 Å². The number of fused-ring (bicyclic) bond motifs is 1. The Morgan fingerprint density at radius 3 is 2.73 bits per heavy atom. The number of carbonyl (C=O) groups excluding carboxylic acids is 1. The number of carboxylic acids is 1. The summed E-state index contributed by atoms with van der Waals surface area (Å²) in [5.74, 6) is -1.01. The van der Waals surface area contributed by atoms with Gasteiger partial charge in [0.15, 0.2) is 0 Å². The minimum Gasteiger partial charge on any atom is -0.480 e. The molecule has 8 heteroatoms. The summed E-state index contributed by atoms with van der Waals surface area (Å²) < 4.78 is 5.39. The number of aliphatic carboxylic acids is 1. The van der Waals surface area contributed by atoms with Crippen molar-refractivity contribution in [3.05, 3.63) is 52.7 Å². The van der Waals surface area contributed by atoms with Crippen LogP contribution in [-0.4, -0.2) is 40.2 Å². The molecule has 0 amide bonds. The van der Waals surface area contributed by atoms with Crippen LogP contribution < -0.4 is 5.32 Å². The lowest BCUT2D eigenvalue weighted by molar-refractivity contribution is -0.134. The van der Waals surface area contributed by atoms with E-state index in [1.54, 1.807) is 6.92 Å². The molecule has 0 bridgehead atoms. The van der Waals surface area contributed by atoms with Gasteiger partial charge in [0.25, 0.3) is 0 Å². The Morgan fingerprint density at radius 1 is 1.23 bits per heavy atom. The zero-order valence-electron chi connectivity index (χ0n) is 14.1. The molecule has 0 unspecified atom stereocenters. The van der Waals surface area contributed by atoms with Crippen molar-refractivity contribution < 1.29 is 19.4 Å². The van der Waals surface area contributed by atoms with Crippen LogP contribution in [0.15, 0.2) is 36.7 Å². The SMILES string of the molecule is Cc1c(C(=O)OCCc2ccccc2)sc2ncnc(NCC(=O)O)c12. The van der Waals surface area contributed by atoms with Crippen LogP contribution in [0.3, 0.4) is 0 Å². The molecule has 0 aliphatic rings. The van der Waals surface area contributed by atoms with Crippen molar-refractivity contribution in [1.82, 2.24) is 9.97 Å². The third-order valence-corrected chi connectivity index (χ3v) is 4.97. The molecule has 0 saturated carbocycles. The second-order valence-electron chi connectivity index (χ2n) is 5.58. The molecular weight excluding hydrogens is 354 g/mol. The van der Waals surface area contributed by atoms with Crippen molar-refractivity contribution in [3.63, 3.8) is 0 Å². The average Bonchev–Trinajstić information content (AvgIpc) is 2.98. The Bertz CT molecular complexity index is 940. The number of aryl methyl sites for hydroxylation is 1. The van der Waals surface area contributed by atoms with E-state index in [1.807, 2.05) is 30.3 Å².